The van der Waals surface area contributed by atoms with E-state index in [1.54, 1.807) is 24.3 Å². The number of aromatic carboxylic acids is 1. The van der Waals surface area contributed by atoms with Crippen LogP contribution in [0, 0.1) is 6.92 Å². The Hall–Kier alpha value is -3.60. The van der Waals surface area contributed by atoms with E-state index in [2.05, 4.69) is 0 Å². The molecule has 0 bridgehead atoms. The van der Waals surface area contributed by atoms with Gasteiger partial charge in [0.1, 0.15) is 17.1 Å². The normalized spacial score (nSPS) is 10.0. The van der Waals surface area contributed by atoms with E-state index in [9.17, 15) is 19.8 Å². The van der Waals surface area contributed by atoms with Crippen LogP contribution in [-0.4, -0.2) is 16.2 Å². The molecule has 2 aromatic rings. The van der Waals surface area contributed by atoms with Crippen LogP contribution >= 0.6 is 0 Å². The molecule has 30 heavy (non-hydrogen) atoms. The predicted octanol–water partition coefficient (Wildman–Crippen LogP) is 6.33. The molecule has 2 aromatic carbocycles. The van der Waals surface area contributed by atoms with E-state index in [1.165, 1.54) is 24.3 Å². The fraction of sp³-hybridized carbons (Fsp3) is 0.200. The van der Waals surface area contributed by atoms with E-state index in [4.69, 9.17) is 4.42 Å². The van der Waals surface area contributed by atoms with E-state index in [1.807, 2.05) is 40.7 Å². The zero-order valence-electron chi connectivity index (χ0n) is 17.8. The third kappa shape index (κ3) is 4.35. The van der Waals surface area contributed by atoms with Crippen LogP contribution in [0.2, 0.25) is 0 Å². The Labute approximate surface area is 175 Å². The number of phenols is 1. The molecule has 4 rings (SSSR count). The number of benzene rings is 3. The van der Waals surface area contributed by atoms with Crippen LogP contribution in [0.15, 0.2) is 63.8 Å². The van der Waals surface area contributed by atoms with Gasteiger partial charge in [0.2, 0.25) is 0 Å². The molecule has 0 amide bonds. The average Bonchev–Trinajstić information content (AvgIpc) is 2.75. The van der Waals surface area contributed by atoms with Gasteiger partial charge in [0.25, 0.3) is 0 Å². The molecule has 156 valence electrons. The first-order valence-electron chi connectivity index (χ1n) is 9.98. The van der Waals surface area contributed by atoms with Gasteiger partial charge < -0.3 is 14.6 Å². The smallest absolute Gasteiger partial charge is 0.336 e. The Morgan fingerprint density at radius 1 is 0.867 bits per heavy atom. The van der Waals surface area contributed by atoms with Crippen molar-refractivity contribution in [3.63, 3.8) is 0 Å². The third-order valence-electron chi connectivity index (χ3n) is 4.35. The number of hydrogen-bond donors (Lipinski definition) is 2. The summed E-state index contributed by atoms with van der Waals surface area (Å²) in [6, 6.07) is 14.3. The molecule has 2 N–H and O–H groups in total. The van der Waals surface area contributed by atoms with Crippen LogP contribution in [0.25, 0.3) is 33.4 Å². The maximum absolute atomic E-state index is 11.8. The summed E-state index contributed by atoms with van der Waals surface area (Å²) in [5.74, 6) is -0.681. The van der Waals surface area contributed by atoms with Gasteiger partial charge in [-0.2, -0.15) is 0 Å². The first-order valence-corrected chi connectivity index (χ1v) is 9.98. The Morgan fingerprint density at radius 2 is 1.53 bits per heavy atom. The molecule has 1 aliphatic carbocycles. The molecule has 1 aliphatic heterocycles. The lowest BCUT2D eigenvalue weighted by Crippen LogP contribution is -2.03. The highest BCUT2D eigenvalue weighted by Gasteiger charge is 2.21. The number of hydrogen-bond acceptors (Lipinski definition) is 4. The van der Waals surface area contributed by atoms with E-state index < -0.39 is 5.97 Å². The van der Waals surface area contributed by atoms with Crippen molar-refractivity contribution >= 4 is 16.9 Å². The molecule has 1 heterocycles. The number of rotatable bonds is 2. The summed E-state index contributed by atoms with van der Waals surface area (Å²) in [4.78, 5) is 23.6. The second-order valence-electron chi connectivity index (χ2n) is 6.17. The van der Waals surface area contributed by atoms with E-state index >= 15 is 0 Å². The topological polar surface area (TPSA) is 87.7 Å². The number of carboxylic acids is 1. The van der Waals surface area contributed by atoms with Crippen molar-refractivity contribution < 1.29 is 19.4 Å². The van der Waals surface area contributed by atoms with Crippen molar-refractivity contribution in [3.05, 3.63) is 75.9 Å². The molecule has 5 nitrogen and oxygen atoms in total. The third-order valence-corrected chi connectivity index (χ3v) is 4.35. The minimum Gasteiger partial charge on any atom is -0.508 e. The fourth-order valence-corrected chi connectivity index (χ4v) is 3.20. The van der Waals surface area contributed by atoms with Crippen LogP contribution in [0.5, 0.6) is 5.75 Å². The second kappa shape index (κ2) is 9.74. The molecule has 0 saturated carbocycles. The van der Waals surface area contributed by atoms with Crippen LogP contribution in [0.3, 0.4) is 0 Å². The molecule has 0 saturated heterocycles. The largest absolute Gasteiger partial charge is 0.508 e. The zero-order chi connectivity index (χ0) is 22.4. The van der Waals surface area contributed by atoms with Gasteiger partial charge in [-0.05, 0) is 42.8 Å². The Kier molecular flexibility index (Phi) is 7.37. The van der Waals surface area contributed by atoms with Crippen molar-refractivity contribution in [2.24, 2.45) is 0 Å². The minimum atomic E-state index is -1.04. The van der Waals surface area contributed by atoms with Crippen molar-refractivity contribution in [3.8, 4) is 28.2 Å². The van der Waals surface area contributed by atoms with Gasteiger partial charge >= 0.3 is 5.97 Å². The van der Waals surface area contributed by atoms with Gasteiger partial charge in [-0.1, -0.05) is 45.4 Å². The van der Waals surface area contributed by atoms with Crippen molar-refractivity contribution in [2.45, 2.75) is 34.6 Å². The van der Waals surface area contributed by atoms with Crippen molar-refractivity contribution in [1.82, 2.24) is 0 Å². The maximum atomic E-state index is 11.8. The summed E-state index contributed by atoms with van der Waals surface area (Å²) in [5, 5.41) is 20.1. The molecular weight excluding hydrogens is 380 g/mol. The molecule has 0 radical (unpaired) electrons. The molecule has 0 unspecified atom stereocenters. The predicted molar refractivity (Wildman–Crippen MR) is 121 cm³/mol. The Bertz CT molecular complexity index is 1200. The van der Waals surface area contributed by atoms with Crippen LogP contribution in [0.1, 0.15) is 43.6 Å². The monoisotopic (exact) mass is 406 g/mol. The lowest BCUT2D eigenvalue weighted by Gasteiger charge is -2.17. The Morgan fingerprint density at radius 3 is 2.20 bits per heavy atom. The van der Waals surface area contributed by atoms with Gasteiger partial charge in [0, 0.05) is 28.6 Å². The zero-order valence-corrected chi connectivity index (χ0v) is 17.8. The van der Waals surface area contributed by atoms with Gasteiger partial charge in [-0.3, -0.25) is 4.79 Å². The minimum absolute atomic E-state index is 0.0205. The highest BCUT2D eigenvalue weighted by Crippen LogP contribution is 2.41. The maximum Gasteiger partial charge on any atom is 0.336 e. The number of aromatic hydroxyl groups is 1. The molecule has 5 heteroatoms. The number of carboxylic acid groups (broad SMARTS) is 1. The van der Waals surface area contributed by atoms with Crippen LogP contribution in [0.4, 0.5) is 0 Å². The summed E-state index contributed by atoms with van der Waals surface area (Å²) in [6.45, 7) is 9.83. The fourth-order valence-electron chi connectivity index (χ4n) is 3.20. The van der Waals surface area contributed by atoms with Crippen molar-refractivity contribution in [2.75, 3.05) is 0 Å². The highest BCUT2D eigenvalue weighted by atomic mass is 16.4. The lowest BCUT2D eigenvalue weighted by atomic mass is 9.90. The van der Waals surface area contributed by atoms with Gasteiger partial charge in [-0.25, -0.2) is 4.79 Å². The summed E-state index contributed by atoms with van der Waals surface area (Å²) in [5.41, 5.74) is 2.97. The molecule has 0 spiro atoms. The summed E-state index contributed by atoms with van der Waals surface area (Å²) >= 11 is 0. The molecule has 0 aromatic heterocycles. The second-order valence-corrected chi connectivity index (χ2v) is 6.17. The number of carbonyl (C=O) groups is 1. The van der Waals surface area contributed by atoms with E-state index in [-0.39, 0.29) is 16.7 Å². The average molecular weight is 406 g/mol. The number of phenolic OH excluding ortho intramolecular Hbond substituents is 1. The van der Waals surface area contributed by atoms with Gasteiger partial charge in [-0.15, -0.1) is 0 Å². The van der Waals surface area contributed by atoms with Gasteiger partial charge in [0.15, 0.2) is 5.43 Å². The summed E-state index contributed by atoms with van der Waals surface area (Å²) in [6.07, 6.45) is 0. The standard InChI is InChI=1S/C21H14O5.2C2H6/c1-11-2-5-14(17(8-11)21(24)25)20-15-6-3-12(22)9-18(15)26-19-10-13(23)4-7-16(19)20;2*1-2/h2-10,22H,1H3,(H,24,25);2*1-2H3. The number of fused-ring (bicyclic) bond motifs is 2. The van der Waals surface area contributed by atoms with Crippen LogP contribution < -0.4 is 5.43 Å². The van der Waals surface area contributed by atoms with E-state index in [0.29, 0.717) is 33.4 Å². The SMILES string of the molecule is CC.CC.Cc1ccc(-c2c3ccc(=O)cc-3oc3cc(O)ccc23)c(C(=O)O)c1. The lowest BCUT2D eigenvalue weighted by molar-refractivity contribution is 0.0697. The highest BCUT2D eigenvalue weighted by molar-refractivity contribution is 6.07. The molecule has 2 aliphatic rings. The molecule has 0 atom stereocenters. The first kappa shape index (κ1) is 22.7. The molecular formula is C25H26O5. The van der Waals surface area contributed by atoms with Crippen LogP contribution in [-0.2, 0) is 0 Å². The van der Waals surface area contributed by atoms with Gasteiger partial charge in [0.05, 0.1) is 5.56 Å². The quantitative estimate of drug-likeness (QED) is 0.380. The number of aryl methyl sites for hydroxylation is 1. The Balaban J connectivity index is 0.000000757. The molecule has 0 fully saturated rings. The summed E-state index contributed by atoms with van der Waals surface area (Å²) < 4.78 is 5.79. The van der Waals surface area contributed by atoms with Crippen molar-refractivity contribution in [1.29, 1.82) is 0 Å². The summed E-state index contributed by atoms with van der Waals surface area (Å²) in [7, 11) is 0. The van der Waals surface area contributed by atoms with E-state index in [0.717, 1.165) is 5.56 Å². The first-order chi connectivity index (χ1) is 14.4.